The number of pyridine rings is 1. The van der Waals surface area contributed by atoms with E-state index in [2.05, 4.69) is 65.4 Å². The third kappa shape index (κ3) is 1.47. The lowest BCUT2D eigenvalue weighted by molar-refractivity contribution is -0.567. The topological polar surface area (TPSA) is 3.88 Å². The molecule has 0 aliphatic carbocycles. The number of hydrogen-bond donors (Lipinski definition) is 0. The minimum atomic E-state index is 1.16. The first-order valence-electron chi connectivity index (χ1n) is 5.31. The van der Waals surface area contributed by atoms with Gasteiger partial charge in [-0.05, 0) is 30.3 Å². The molecule has 0 aliphatic rings. The van der Waals surface area contributed by atoms with E-state index in [9.17, 15) is 0 Å². The smallest absolute Gasteiger partial charge is 0.160 e. The fourth-order valence-corrected chi connectivity index (χ4v) is 1.92. The molecule has 1 aromatic heterocycles. The first-order chi connectivity index (χ1) is 7.95. The fraction of sp³-hybridized carbons (Fsp3) is 0. The molecular weight excluding hydrogens is 194 g/mol. The minimum Gasteiger partial charge on any atom is -0.160 e. The monoisotopic (exact) mass is 205 g/mol. The lowest BCUT2D eigenvalue weighted by atomic mass is 10.2. The number of nitrogens with zero attached hydrogens (tertiary/aromatic N) is 1. The summed E-state index contributed by atoms with van der Waals surface area (Å²) in [4.78, 5) is 0. The third-order valence-electron chi connectivity index (χ3n) is 2.69. The van der Waals surface area contributed by atoms with Crippen LogP contribution in [0.15, 0.2) is 66.9 Å². The number of fused-ring (bicyclic) bond motifs is 1. The Kier molecular flexibility index (Phi) is 2.15. The highest BCUT2D eigenvalue weighted by Gasteiger charge is 2.09. The van der Waals surface area contributed by atoms with Gasteiger partial charge in [0.25, 0.3) is 0 Å². The third-order valence-corrected chi connectivity index (χ3v) is 2.69. The lowest BCUT2D eigenvalue weighted by Crippen LogP contribution is -2.30. The van der Waals surface area contributed by atoms with E-state index in [0.717, 1.165) is 5.69 Å². The van der Waals surface area contributed by atoms with Crippen molar-refractivity contribution in [2.24, 2.45) is 0 Å². The van der Waals surface area contributed by atoms with E-state index < -0.39 is 0 Å². The van der Waals surface area contributed by atoms with E-state index in [0.29, 0.717) is 0 Å². The van der Waals surface area contributed by atoms with Gasteiger partial charge in [0.05, 0.1) is 0 Å². The van der Waals surface area contributed by atoms with Gasteiger partial charge < -0.3 is 0 Å². The van der Waals surface area contributed by atoms with Gasteiger partial charge >= 0.3 is 0 Å². The molecule has 1 nitrogen and oxygen atoms in total. The molecule has 2 aromatic carbocycles. The SMILES string of the molecule is [c]1ccc(-[n+]2cccc3ccccc32)cc1. The summed E-state index contributed by atoms with van der Waals surface area (Å²) < 4.78 is 2.18. The molecule has 0 N–H and O–H groups in total. The normalized spacial score (nSPS) is 10.5. The van der Waals surface area contributed by atoms with E-state index >= 15 is 0 Å². The predicted molar refractivity (Wildman–Crippen MR) is 64.3 cm³/mol. The molecule has 16 heavy (non-hydrogen) atoms. The Labute approximate surface area is 94.6 Å². The Bertz CT molecular complexity index is 609. The summed E-state index contributed by atoms with van der Waals surface area (Å²) in [5.41, 5.74) is 2.38. The predicted octanol–water partition coefficient (Wildman–Crippen LogP) is 2.92. The van der Waals surface area contributed by atoms with Crippen LogP contribution in [0.25, 0.3) is 16.6 Å². The van der Waals surface area contributed by atoms with E-state index in [1.807, 2.05) is 12.1 Å². The van der Waals surface area contributed by atoms with Crippen LogP contribution in [0.4, 0.5) is 0 Å². The van der Waals surface area contributed by atoms with Crippen molar-refractivity contribution < 1.29 is 4.57 Å². The highest BCUT2D eigenvalue weighted by molar-refractivity contribution is 5.75. The van der Waals surface area contributed by atoms with Gasteiger partial charge in [0.2, 0.25) is 11.2 Å². The van der Waals surface area contributed by atoms with Crippen LogP contribution in [-0.2, 0) is 0 Å². The number of benzene rings is 2. The van der Waals surface area contributed by atoms with Crippen molar-refractivity contribution in [3.63, 3.8) is 0 Å². The summed E-state index contributed by atoms with van der Waals surface area (Å²) in [5, 5.41) is 1.25. The second kappa shape index (κ2) is 3.78. The van der Waals surface area contributed by atoms with E-state index in [4.69, 9.17) is 0 Å². The van der Waals surface area contributed by atoms with Crippen molar-refractivity contribution in [1.82, 2.24) is 0 Å². The first-order valence-corrected chi connectivity index (χ1v) is 5.31. The van der Waals surface area contributed by atoms with Crippen molar-refractivity contribution in [2.75, 3.05) is 0 Å². The van der Waals surface area contributed by atoms with Crippen LogP contribution in [0.2, 0.25) is 0 Å². The fourth-order valence-electron chi connectivity index (χ4n) is 1.92. The maximum Gasteiger partial charge on any atom is 0.218 e. The average molecular weight is 205 g/mol. The number of hydrogen-bond acceptors (Lipinski definition) is 0. The molecular formula is C15H11N+. The molecule has 0 spiro atoms. The Morgan fingerprint density at radius 2 is 1.56 bits per heavy atom. The van der Waals surface area contributed by atoms with Gasteiger partial charge in [0.1, 0.15) is 0 Å². The molecule has 0 amide bonds. The van der Waals surface area contributed by atoms with Gasteiger partial charge in [-0.25, -0.2) is 0 Å². The Morgan fingerprint density at radius 1 is 0.812 bits per heavy atom. The molecule has 3 rings (SSSR count). The summed E-state index contributed by atoms with van der Waals surface area (Å²) in [6.07, 6.45) is 2.08. The average Bonchev–Trinajstić information content (AvgIpc) is 2.39. The lowest BCUT2D eigenvalue weighted by Gasteiger charge is -1.99. The summed E-state index contributed by atoms with van der Waals surface area (Å²) in [7, 11) is 0. The molecule has 0 atom stereocenters. The van der Waals surface area contributed by atoms with Gasteiger partial charge in [-0.3, -0.25) is 0 Å². The second-order valence-corrected chi connectivity index (χ2v) is 3.70. The molecule has 3 aromatic rings. The van der Waals surface area contributed by atoms with Gasteiger partial charge in [-0.1, -0.05) is 12.1 Å². The molecule has 0 aliphatic heterocycles. The highest BCUT2D eigenvalue weighted by Crippen LogP contribution is 2.10. The second-order valence-electron chi connectivity index (χ2n) is 3.70. The molecule has 1 radical (unpaired) electrons. The molecule has 0 bridgehead atoms. The Hall–Kier alpha value is -2.15. The maximum atomic E-state index is 3.04. The molecule has 0 saturated carbocycles. The van der Waals surface area contributed by atoms with Gasteiger partial charge in [0.15, 0.2) is 6.20 Å². The van der Waals surface area contributed by atoms with Crippen molar-refractivity contribution in [1.29, 1.82) is 0 Å². The number of para-hydroxylation sites is 1. The highest BCUT2D eigenvalue weighted by atomic mass is 14.9. The van der Waals surface area contributed by atoms with Crippen LogP contribution in [-0.4, -0.2) is 0 Å². The van der Waals surface area contributed by atoms with Crippen LogP contribution in [0.1, 0.15) is 0 Å². The summed E-state index contributed by atoms with van der Waals surface area (Å²) in [6, 6.07) is 23.6. The van der Waals surface area contributed by atoms with E-state index in [1.54, 1.807) is 0 Å². The first kappa shape index (κ1) is 9.10. The van der Waals surface area contributed by atoms with Crippen LogP contribution in [0, 0.1) is 6.07 Å². The number of rotatable bonds is 1. The van der Waals surface area contributed by atoms with Crippen LogP contribution >= 0.6 is 0 Å². The summed E-state index contributed by atoms with van der Waals surface area (Å²) >= 11 is 0. The largest absolute Gasteiger partial charge is 0.218 e. The van der Waals surface area contributed by atoms with Crippen molar-refractivity contribution in [2.45, 2.75) is 0 Å². The van der Waals surface area contributed by atoms with Crippen LogP contribution < -0.4 is 4.57 Å². The van der Waals surface area contributed by atoms with E-state index in [1.165, 1.54) is 10.9 Å². The van der Waals surface area contributed by atoms with Crippen molar-refractivity contribution >= 4 is 10.9 Å². The minimum absolute atomic E-state index is 1.16. The van der Waals surface area contributed by atoms with Gasteiger partial charge in [-0.2, -0.15) is 4.57 Å². The quantitative estimate of drug-likeness (QED) is 0.538. The number of aromatic nitrogens is 1. The molecule has 1 heterocycles. The molecule has 75 valence electrons. The zero-order valence-electron chi connectivity index (χ0n) is 8.80. The summed E-state index contributed by atoms with van der Waals surface area (Å²) in [5.74, 6) is 0. The Morgan fingerprint density at radius 3 is 2.44 bits per heavy atom. The van der Waals surface area contributed by atoms with Crippen LogP contribution in [0.3, 0.4) is 0 Å². The Balaban J connectivity index is 2.32. The molecule has 0 unspecified atom stereocenters. The standard InChI is InChI=1S/C15H11N/c1-2-9-14(10-3-1)16-12-6-8-13-7-4-5-11-15(13)16/h2-12H/q+1. The zero-order chi connectivity index (χ0) is 10.8. The van der Waals surface area contributed by atoms with Crippen molar-refractivity contribution in [3.8, 4) is 5.69 Å². The van der Waals surface area contributed by atoms with Gasteiger partial charge in [0, 0.05) is 29.7 Å². The zero-order valence-corrected chi connectivity index (χ0v) is 8.80. The van der Waals surface area contributed by atoms with E-state index in [-0.39, 0.29) is 0 Å². The van der Waals surface area contributed by atoms with Gasteiger partial charge in [-0.15, -0.1) is 0 Å². The molecule has 0 fully saturated rings. The molecule has 1 heteroatoms. The maximum absolute atomic E-state index is 3.04. The van der Waals surface area contributed by atoms with Crippen molar-refractivity contribution in [3.05, 3.63) is 72.9 Å². The van der Waals surface area contributed by atoms with Crippen LogP contribution in [0.5, 0.6) is 0 Å². The molecule has 0 saturated heterocycles. The summed E-state index contributed by atoms with van der Waals surface area (Å²) in [6.45, 7) is 0.